The van der Waals surface area contributed by atoms with Crippen LogP contribution in [0.4, 0.5) is 4.79 Å². The molecule has 1 aromatic rings. The van der Waals surface area contributed by atoms with Crippen molar-refractivity contribution in [2.75, 3.05) is 7.11 Å². The Bertz CT molecular complexity index is 391. The number of hydrogen-bond donors (Lipinski definition) is 4. The lowest BCUT2D eigenvalue weighted by molar-refractivity contribution is -0.136. The van der Waals surface area contributed by atoms with Gasteiger partial charge < -0.3 is 26.0 Å². The molecular formula is C11H17N3O5. The first kappa shape index (κ1) is 18.6. The maximum absolute atomic E-state index is 9.96. The summed E-state index contributed by atoms with van der Waals surface area (Å²) in [5.41, 5.74) is 8.94. The Morgan fingerprint density at radius 3 is 1.79 bits per heavy atom. The third-order valence-corrected chi connectivity index (χ3v) is 1.15. The number of phenols is 1. The molecule has 0 saturated heterocycles. The highest BCUT2D eigenvalue weighted by Crippen LogP contribution is 2.02. The van der Waals surface area contributed by atoms with Crippen molar-refractivity contribution < 1.29 is 24.2 Å². The smallest absolute Gasteiger partial charge is 0.508 e. The number of guanidine groups is 1. The molecule has 0 atom stereocenters. The highest BCUT2D eigenvalue weighted by molar-refractivity contribution is 5.79. The fourth-order valence-electron chi connectivity index (χ4n) is 0.587. The van der Waals surface area contributed by atoms with Crippen LogP contribution in [0.25, 0.3) is 0 Å². The zero-order valence-electron chi connectivity index (χ0n) is 10.6. The molecule has 0 unspecified atom stereocenters. The van der Waals surface area contributed by atoms with Gasteiger partial charge in [0.15, 0.2) is 5.96 Å². The highest BCUT2D eigenvalue weighted by Gasteiger charge is 2.01. The summed E-state index contributed by atoms with van der Waals surface area (Å²) in [6.45, 7) is 1.12. The van der Waals surface area contributed by atoms with E-state index in [1.807, 2.05) is 6.07 Å². The Balaban J connectivity index is 0. The maximum atomic E-state index is 9.96. The summed E-state index contributed by atoms with van der Waals surface area (Å²) in [4.78, 5) is 19.8. The van der Waals surface area contributed by atoms with Crippen molar-refractivity contribution in [3.63, 3.8) is 0 Å². The van der Waals surface area contributed by atoms with Crippen molar-refractivity contribution in [2.24, 2.45) is 11.5 Å². The van der Waals surface area contributed by atoms with Gasteiger partial charge >= 0.3 is 12.1 Å². The second-order valence-electron chi connectivity index (χ2n) is 2.84. The van der Waals surface area contributed by atoms with Crippen LogP contribution in [0, 0.1) is 5.41 Å². The van der Waals surface area contributed by atoms with Gasteiger partial charge in [-0.2, -0.15) is 0 Å². The summed E-state index contributed by atoms with van der Waals surface area (Å²) >= 11 is 0. The standard InChI is InChI=1S/C6H6O.C4H6O4.CH5N3/c7-6-4-2-1-3-5-6;1-3(5)8-4(6)7-2;2-1(3)4/h1-5,7H;1-2H3;(H5,2,3,4). The lowest BCUT2D eigenvalue weighted by Crippen LogP contribution is -2.20. The molecule has 0 spiro atoms. The second kappa shape index (κ2) is 11.7. The Morgan fingerprint density at radius 1 is 1.21 bits per heavy atom. The van der Waals surface area contributed by atoms with Crippen molar-refractivity contribution >= 4 is 18.1 Å². The summed E-state index contributed by atoms with van der Waals surface area (Å²) in [5.74, 6) is -0.681. The number of para-hydroxylation sites is 1. The summed E-state index contributed by atoms with van der Waals surface area (Å²) in [6, 6.07) is 8.71. The Labute approximate surface area is 110 Å². The molecule has 0 saturated carbocycles. The van der Waals surface area contributed by atoms with E-state index in [9.17, 15) is 9.59 Å². The molecule has 0 heterocycles. The number of ether oxygens (including phenoxy) is 2. The average Bonchev–Trinajstić information content (AvgIpc) is 2.29. The minimum Gasteiger partial charge on any atom is -0.508 e. The van der Waals surface area contributed by atoms with Gasteiger partial charge in [0.1, 0.15) is 5.75 Å². The van der Waals surface area contributed by atoms with Crippen LogP contribution in [0.1, 0.15) is 6.92 Å². The third kappa shape index (κ3) is 21.1. The summed E-state index contributed by atoms with van der Waals surface area (Å²) < 4.78 is 7.88. The fraction of sp³-hybridized carbons (Fsp3) is 0.182. The number of rotatable bonds is 0. The second-order valence-corrected chi connectivity index (χ2v) is 2.84. The molecule has 19 heavy (non-hydrogen) atoms. The van der Waals surface area contributed by atoms with Gasteiger partial charge in [0.05, 0.1) is 7.11 Å². The fourth-order valence-corrected chi connectivity index (χ4v) is 0.587. The molecule has 8 heteroatoms. The maximum Gasteiger partial charge on any atom is 0.515 e. The molecule has 0 bridgehead atoms. The third-order valence-electron chi connectivity index (χ3n) is 1.15. The van der Waals surface area contributed by atoms with E-state index in [2.05, 4.69) is 20.9 Å². The van der Waals surface area contributed by atoms with Crippen molar-refractivity contribution in [3.8, 4) is 5.75 Å². The minimum atomic E-state index is -0.975. The van der Waals surface area contributed by atoms with Crippen LogP contribution in [0.5, 0.6) is 5.75 Å². The largest absolute Gasteiger partial charge is 0.515 e. The molecule has 8 nitrogen and oxygen atoms in total. The zero-order valence-corrected chi connectivity index (χ0v) is 10.6. The van der Waals surface area contributed by atoms with Gasteiger partial charge in [0.25, 0.3) is 0 Å². The number of nitrogens with one attached hydrogen (secondary N) is 1. The van der Waals surface area contributed by atoms with Crippen LogP contribution in [-0.2, 0) is 14.3 Å². The van der Waals surface area contributed by atoms with E-state index < -0.39 is 12.1 Å². The number of hydrogen-bond acceptors (Lipinski definition) is 6. The van der Waals surface area contributed by atoms with Gasteiger partial charge in [-0.25, -0.2) is 4.79 Å². The van der Waals surface area contributed by atoms with Crippen LogP contribution in [0.3, 0.4) is 0 Å². The van der Waals surface area contributed by atoms with E-state index in [1.165, 1.54) is 0 Å². The van der Waals surface area contributed by atoms with Crippen LogP contribution in [0.15, 0.2) is 30.3 Å². The van der Waals surface area contributed by atoms with Crippen LogP contribution >= 0.6 is 0 Å². The van der Waals surface area contributed by atoms with E-state index >= 15 is 0 Å². The van der Waals surface area contributed by atoms with E-state index in [0.717, 1.165) is 14.0 Å². The first-order valence-corrected chi connectivity index (χ1v) is 4.89. The van der Waals surface area contributed by atoms with Crippen LogP contribution in [0.2, 0.25) is 0 Å². The Hall–Kier alpha value is -2.77. The number of nitrogens with two attached hydrogens (primary N) is 2. The molecular weight excluding hydrogens is 254 g/mol. The van der Waals surface area contributed by atoms with Crippen molar-refractivity contribution in [1.29, 1.82) is 5.41 Å². The summed E-state index contributed by atoms with van der Waals surface area (Å²) in [7, 11) is 1.13. The molecule has 6 N–H and O–H groups in total. The molecule has 0 radical (unpaired) electrons. The van der Waals surface area contributed by atoms with Gasteiger partial charge in [-0.1, -0.05) is 18.2 Å². The topological polar surface area (TPSA) is 149 Å². The summed E-state index contributed by atoms with van der Waals surface area (Å²) in [5, 5.41) is 14.7. The predicted octanol–water partition coefficient (Wildman–Crippen LogP) is 0.547. The van der Waals surface area contributed by atoms with Gasteiger partial charge in [-0.3, -0.25) is 10.2 Å². The van der Waals surface area contributed by atoms with E-state index in [-0.39, 0.29) is 5.96 Å². The van der Waals surface area contributed by atoms with E-state index in [1.54, 1.807) is 24.3 Å². The quantitative estimate of drug-likeness (QED) is 0.233. The number of esters is 1. The molecule has 1 aromatic carbocycles. The average molecular weight is 271 g/mol. The number of benzene rings is 1. The summed E-state index contributed by atoms with van der Waals surface area (Å²) in [6.07, 6.45) is -0.975. The van der Waals surface area contributed by atoms with Gasteiger partial charge in [0.2, 0.25) is 0 Å². The SMILES string of the molecule is COC(=O)OC(C)=O.N=C(N)N.Oc1ccccc1. The molecule has 1 rings (SSSR count). The lowest BCUT2D eigenvalue weighted by atomic mass is 10.3. The first-order valence-electron chi connectivity index (χ1n) is 4.89. The van der Waals surface area contributed by atoms with Crippen molar-refractivity contribution in [2.45, 2.75) is 6.92 Å². The lowest BCUT2D eigenvalue weighted by Gasteiger charge is -1.93. The molecule has 0 fully saturated rings. The molecule has 0 amide bonds. The van der Waals surface area contributed by atoms with Gasteiger partial charge in [-0.05, 0) is 12.1 Å². The minimum absolute atomic E-state index is 0.322. The van der Waals surface area contributed by atoms with Crippen molar-refractivity contribution in [3.05, 3.63) is 30.3 Å². The number of carbonyl (C=O) groups excluding carboxylic acids is 2. The number of methoxy groups -OCH3 is 1. The predicted molar refractivity (Wildman–Crippen MR) is 68.4 cm³/mol. The first-order chi connectivity index (χ1) is 8.79. The Morgan fingerprint density at radius 2 is 1.63 bits per heavy atom. The Kier molecular flexibility index (Phi) is 11.5. The van der Waals surface area contributed by atoms with Gasteiger partial charge in [0, 0.05) is 6.92 Å². The molecule has 0 aliphatic carbocycles. The number of aromatic hydroxyl groups is 1. The van der Waals surface area contributed by atoms with Crippen molar-refractivity contribution in [1.82, 2.24) is 0 Å². The number of phenolic OH excluding ortho intramolecular Hbond substituents is 1. The van der Waals surface area contributed by atoms with Crippen LogP contribution < -0.4 is 11.5 Å². The molecule has 0 aliphatic rings. The molecule has 0 aromatic heterocycles. The zero-order chi connectivity index (χ0) is 15.3. The van der Waals surface area contributed by atoms with Gasteiger partial charge in [-0.15, -0.1) is 0 Å². The normalized spacial score (nSPS) is 7.68. The van der Waals surface area contributed by atoms with Crippen LogP contribution in [-0.4, -0.2) is 30.3 Å². The number of carbonyl (C=O) groups is 2. The highest BCUT2D eigenvalue weighted by atomic mass is 16.7. The van der Waals surface area contributed by atoms with E-state index in [4.69, 9.17) is 10.5 Å². The van der Waals surface area contributed by atoms with E-state index in [0.29, 0.717) is 5.75 Å². The molecule has 106 valence electrons. The molecule has 0 aliphatic heterocycles. The monoisotopic (exact) mass is 271 g/mol.